The summed E-state index contributed by atoms with van der Waals surface area (Å²) in [5.41, 5.74) is 5.76. The van der Waals surface area contributed by atoms with Crippen molar-refractivity contribution in [2.75, 3.05) is 18.4 Å². The van der Waals surface area contributed by atoms with Crippen molar-refractivity contribution < 1.29 is 4.79 Å². The molecule has 2 aromatic carbocycles. The lowest BCUT2D eigenvalue weighted by Crippen LogP contribution is -2.56. The van der Waals surface area contributed by atoms with Crippen molar-refractivity contribution in [3.63, 3.8) is 0 Å². The van der Waals surface area contributed by atoms with E-state index in [0.29, 0.717) is 15.7 Å². The molecule has 0 radical (unpaired) electrons. The van der Waals surface area contributed by atoms with Gasteiger partial charge < -0.3 is 14.6 Å². The van der Waals surface area contributed by atoms with Gasteiger partial charge in [-0.25, -0.2) is 9.78 Å². The minimum absolute atomic E-state index is 0.0602. The maximum absolute atomic E-state index is 13.3. The number of benzene rings is 2. The molecule has 0 spiro atoms. The molecule has 2 amide bonds. The van der Waals surface area contributed by atoms with Crippen LogP contribution in [0.4, 0.5) is 10.5 Å². The second kappa shape index (κ2) is 9.43. The van der Waals surface area contributed by atoms with Gasteiger partial charge in [0.05, 0.1) is 22.1 Å². The monoisotopic (exact) mass is 519 g/mol. The van der Waals surface area contributed by atoms with Crippen LogP contribution in [-0.4, -0.2) is 50.4 Å². The highest BCUT2D eigenvalue weighted by molar-refractivity contribution is 6.33. The highest BCUT2D eigenvalue weighted by atomic mass is 35.5. The van der Waals surface area contributed by atoms with Gasteiger partial charge in [-0.15, -0.1) is 0 Å². The Balaban J connectivity index is 1.24. The molecule has 2 fully saturated rings. The molecule has 1 N–H and O–H groups in total. The minimum Gasteiger partial charge on any atom is -0.316 e. The molecule has 184 valence electrons. The maximum atomic E-state index is 13.3. The van der Waals surface area contributed by atoms with E-state index in [9.17, 15) is 4.79 Å². The van der Waals surface area contributed by atoms with Crippen LogP contribution >= 0.6 is 23.2 Å². The smallest absolute Gasteiger partial charge is 0.316 e. The molecular weight excluding hydrogens is 493 g/mol. The largest absolute Gasteiger partial charge is 0.322 e. The summed E-state index contributed by atoms with van der Waals surface area (Å²) in [5, 5.41) is 4.36. The third-order valence-corrected chi connectivity index (χ3v) is 7.93. The summed E-state index contributed by atoms with van der Waals surface area (Å²) in [6.07, 6.45) is 4.09. The number of aromatic nitrogens is 2. The molecule has 8 heteroatoms. The molecule has 4 aromatic rings. The number of aryl methyl sites for hydroxylation is 1. The van der Waals surface area contributed by atoms with Crippen LogP contribution in [0.1, 0.15) is 24.1 Å². The van der Waals surface area contributed by atoms with Gasteiger partial charge >= 0.3 is 6.03 Å². The van der Waals surface area contributed by atoms with E-state index in [-0.39, 0.29) is 18.1 Å². The Morgan fingerprint density at radius 1 is 1.00 bits per heavy atom. The lowest BCUT2D eigenvalue weighted by molar-refractivity contribution is 0.0894. The number of piperazine rings is 1. The summed E-state index contributed by atoms with van der Waals surface area (Å²) >= 11 is 12.5. The Hall–Kier alpha value is -3.06. The Morgan fingerprint density at radius 2 is 1.75 bits per heavy atom. The van der Waals surface area contributed by atoms with Crippen LogP contribution in [-0.2, 0) is 6.54 Å². The van der Waals surface area contributed by atoms with Crippen LogP contribution in [0.3, 0.4) is 0 Å². The summed E-state index contributed by atoms with van der Waals surface area (Å²) in [6, 6.07) is 19.9. The van der Waals surface area contributed by atoms with E-state index in [4.69, 9.17) is 28.2 Å². The topological polar surface area (TPSA) is 52.9 Å². The van der Waals surface area contributed by atoms with E-state index < -0.39 is 0 Å². The summed E-state index contributed by atoms with van der Waals surface area (Å²) < 4.78 is 2.17. The summed E-state index contributed by atoms with van der Waals surface area (Å²) in [6.45, 7) is 4.37. The van der Waals surface area contributed by atoms with Crippen molar-refractivity contribution >= 4 is 40.6 Å². The van der Waals surface area contributed by atoms with Gasteiger partial charge in [-0.1, -0.05) is 53.5 Å². The Kier molecular flexibility index (Phi) is 6.12. The summed E-state index contributed by atoms with van der Waals surface area (Å²) in [5.74, 6) is 0. The number of nitrogens with zero attached hydrogens (tertiary/aromatic N) is 4. The average Bonchev–Trinajstić information content (AvgIpc) is 3.36. The van der Waals surface area contributed by atoms with E-state index in [0.717, 1.165) is 60.6 Å². The number of carbonyl (C=O) groups is 1. The van der Waals surface area contributed by atoms with Crippen molar-refractivity contribution in [2.24, 2.45) is 0 Å². The number of urea groups is 1. The van der Waals surface area contributed by atoms with E-state index in [1.807, 2.05) is 72.5 Å². The molecule has 2 aliphatic rings. The molecule has 36 heavy (non-hydrogen) atoms. The van der Waals surface area contributed by atoms with E-state index in [1.54, 1.807) is 0 Å². The van der Waals surface area contributed by atoms with Crippen molar-refractivity contribution in [1.29, 1.82) is 0 Å². The zero-order valence-electron chi connectivity index (χ0n) is 20.0. The summed E-state index contributed by atoms with van der Waals surface area (Å²) in [4.78, 5) is 22.8. The number of anilines is 1. The third kappa shape index (κ3) is 4.23. The number of hydrogen-bond donors (Lipinski definition) is 1. The number of para-hydroxylation sites is 1. The van der Waals surface area contributed by atoms with Crippen LogP contribution in [0.5, 0.6) is 0 Å². The van der Waals surface area contributed by atoms with Gasteiger partial charge in [0.15, 0.2) is 0 Å². The first kappa shape index (κ1) is 23.3. The molecule has 4 heterocycles. The predicted octanol–water partition coefficient (Wildman–Crippen LogP) is 6.50. The number of fused-ring (bicyclic) bond motifs is 3. The molecule has 0 saturated carbocycles. The van der Waals surface area contributed by atoms with Gasteiger partial charge in [0, 0.05) is 48.5 Å². The van der Waals surface area contributed by atoms with Gasteiger partial charge in [0.1, 0.15) is 5.65 Å². The van der Waals surface area contributed by atoms with Crippen LogP contribution in [0.15, 0.2) is 66.9 Å². The van der Waals surface area contributed by atoms with E-state index >= 15 is 0 Å². The third-order valence-electron chi connectivity index (χ3n) is 7.37. The molecule has 0 aliphatic carbocycles. The molecule has 2 aromatic heterocycles. The lowest BCUT2D eigenvalue weighted by Gasteiger charge is -2.41. The van der Waals surface area contributed by atoms with Gasteiger partial charge in [-0.2, -0.15) is 0 Å². The van der Waals surface area contributed by atoms with Crippen molar-refractivity contribution in [1.82, 2.24) is 19.2 Å². The van der Waals surface area contributed by atoms with Crippen LogP contribution in [0.2, 0.25) is 10.0 Å². The van der Waals surface area contributed by atoms with Gasteiger partial charge in [0.25, 0.3) is 0 Å². The quantitative estimate of drug-likeness (QED) is 0.334. The molecule has 2 aliphatic heterocycles. The highest BCUT2D eigenvalue weighted by Crippen LogP contribution is 2.34. The molecule has 6 nitrogen and oxygen atoms in total. The van der Waals surface area contributed by atoms with Crippen molar-refractivity contribution in [2.45, 2.75) is 38.4 Å². The number of hydrogen-bond acceptors (Lipinski definition) is 3. The van der Waals surface area contributed by atoms with Crippen molar-refractivity contribution in [3.8, 4) is 11.3 Å². The molecule has 2 saturated heterocycles. The number of amides is 2. The van der Waals surface area contributed by atoms with Gasteiger partial charge in [0.2, 0.25) is 0 Å². The Morgan fingerprint density at radius 3 is 2.47 bits per heavy atom. The number of halogens is 2. The van der Waals surface area contributed by atoms with Crippen molar-refractivity contribution in [3.05, 3.63) is 88.2 Å². The first-order valence-electron chi connectivity index (χ1n) is 12.3. The molecular formula is C28H27Cl2N5O. The number of pyridine rings is 1. The van der Waals surface area contributed by atoms with Gasteiger partial charge in [-0.3, -0.25) is 4.90 Å². The molecule has 2 atom stereocenters. The molecule has 6 rings (SSSR count). The highest BCUT2D eigenvalue weighted by Gasteiger charge is 2.43. The molecule has 2 bridgehead atoms. The second-order valence-electron chi connectivity index (χ2n) is 9.69. The maximum Gasteiger partial charge on any atom is 0.322 e. The number of nitrogens with one attached hydrogen (secondary N) is 1. The minimum atomic E-state index is -0.0602. The fourth-order valence-corrected chi connectivity index (χ4v) is 6.06. The number of likely N-dealkylation sites (tertiary alicyclic amines) is 1. The van der Waals surface area contributed by atoms with E-state index in [1.165, 1.54) is 0 Å². The summed E-state index contributed by atoms with van der Waals surface area (Å²) in [7, 11) is 0. The van der Waals surface area contributed by atoms with Crippen LogP contribution in [0, 0.1) is 6.92 Å². The average molecular weight is 520 g/mol. The Labute approximate surface area is 220 Å². The number of rotatable bonds is 4. The first-order chi connectivity index (χ1) is 17.5. The predicted molar refractivity (Wildman–Crippen MR) is 145 cm³/mol. The standard InChI is InChI=1S/C28H27Cl2N5O/c1-18-5-4-6-23(30)26(18)32-28(36)35-21-12-13-22(35)16-33(15-21)17-24-27(19-8-10-20(29)11-9-19)31-25-7-2-3-14-34(24)25/h2-11,14,21-22H,12-13,15-17H2,1H3,(H,32,36). The van der Waals surface area contributed by atoms with Crippen LogP contribution < -0.4 is 5.32 Å². The van der Waals surface area contributed by atoms with Gasteiger partial charge in [-0.05, 0) is 55.7 Å². The fraction of sp³-hybridized carbons (Fsp3) is 0.286. The zero-order chi connectivity index (χ0) is 24.8. The van der Waals surface area contributed by atoms with E-state index in [2.05, 4.69) is 20.8 Å². The number of carbonyl (C=O) groups excluding carboxylic acids is 1. The first-order valence-corrected chi connectivity index (χ1v) is 13.0. The fourth-order valence-electron chi connectivity index (χ4n) is 5.66. The normalized spacial score (nSPS) is 19.7. The molecule has 2 unspecified atom stereocenters. The lowest BCUT2D eigenvalue weighted by atomic mass is 10.1. The number of imidazole rings is 1. The van der Waals surface area contributed by atoms with Crippen LogP contribution in [0.25, 0.3) is 16.9 Å². The Bertz CT molecular complexity index is 1400. The zero-order valence-corrected chi connectivity index (χ0v) is 21.5. The SMILES string of the molecule is Cc1cccc(Cl)c1NC(=O)N1C2CCC1CN(Cc1c(-c3ccc(Cl)cc3)nc3ccccn13)C2. The second-order valence-corrected chi connectivity index (χ2v) is 10.5.